The maximum atomic E-state index is 10.9. The number of carboxylic acid groups (broad SMARTS) is 1. The summed E-state index contributed by atoms with van der Waals surface area (Å²) in [4.78, 5) is 16.6. The van der Waals surface area contributed by atoms with E-state index in [1.54, 1.807) is 18.9 Å². The zero-order valence-corrected chi connectivity index (χ0v) is 21.8. The summed E-state index contributed by atoms with van der Waals surface area (Å²) in [6, 6.07) is 21.9. The van der Waals surface area contributed by atoms with E-state index in [0.29, 0.717) is 23.8 Å². The van der Waals surface area contributed by atoms with Gasteiger partial charge in [0, 0.05) is 10.6 Å². The first-order chi connectivity index (χ1) is 15.6. The number of thioether (sulfide) groups is 1. The van der Waals surface area contributed by atoms with Crippen molar-refractivity contribution < 1.29 is 48.9 Å². The Kier molecular flexibility index (Phi) is 12.1. The fourth-order valence-corrected chi connectivity index (χ4v) is 3.88. The van der Waals surface area contributed by atoms with Gasteiger partial charge in [-0.25, -0.2) is 4.98 Å². The Morgan fingerprint density at radius 2 is 1.79 bits per heavy atom. The third kappa shape index (κ3) is 9.64. The fourth-order valence-electron chi connectivity index (χ4n) is 3.05. The summed E-state index contributed by atoms with van der Waals surface area (Å²) < 4.78 is 11.1. The molecule has 0 saturated carbocycles. The van der Waals surface area contributed by atoms with Crippen LogP contribution in [0.4, 0.5) is 0 Å². The molecule has 0 unspecified atom stereocenters. The topological polar surface area (TPSA) is 71.5 Å². The van der Waals surface area contributed by atoms with E-state index in [0.717, 1.165) is 41.7 Å². The molecule has 0 amide bonds. The van der Waals surface area contributed by atoms with Crippen LogP contribution in [0.5, 0.6) is 11.5 Å². The summed E-state index contributed by atoms with van der Waals surface area (Å²) in [6.45, 7) is 0.530. The van der Waals surface area contributed by atoms with Gasteiger partial charge in [-0.1, -0.05) is 30.3 Å². The molecule has 0 atom stereocenters. The number of carboxylic acids is 1. The molecule has 0 spiro atoms. The molecule has 0 aliphatic rings. The summed E-state index contributed by atoms with van der Waals surface area (Å²) in [5, 5.41) is 10.9. The van der Waals surface area contributed by atoms with Crippen molar-refractivity contribution in [2.75, 3.05) is 13.7 Å². The Labute approximate surface area is 221 Å². The van der Waals surface area contributed by atoms with Gasteiger partial charge in [0.25, 0.3) is 0 Å². The average Bonchev–Trinajstić information content (AvgIpc) is 2.83. The van der Waals surface area contributed by atoms with E-state index in [1.807, 2.05) is 54.6 Å². The molecule has 0 aliphatic carbocycles. The SMILES string of the molecule is COc1ccc(CCCCOc2ccc(CSc3ccccc3)nc2/C=C/C(=O)[O-])cc1.[Na+]. The van der Waals surface area contributed by atoms with Crippen molar-refractivity contribution in [3.8, 4) is 11.5 Å². The predicted octanol–water partition coefficient (Wildman–Crippen LogP) is 1.55. The number of benzene rings is 2. The van der Waals surface area contributed by atoms with Crippen molar-refractivity contribution in [1.29, 1.82) is 0 Å². The molecule has 1 heterocycles. The van der Waals surface area contributed by atoms with Crippen molar-refractivity contribution in [2.45, 2.75) is 29.9 Å². The number of hydrogen-bond donors (Lipinski definition) is 0. The molecule has 7 heteroatoms. The quantitative estimate of drug-likeness (QED) is 0.173. The zero-order valence-electron chi connectivity index (χ0n) is 19.0. The van der Waals surface area contributed by atoms with E-state index in [9.17, 15) is 9.90 Å². The molecular weight excluding hydrogens is 445 g/mol. The maximum absolute atomic E-state index is 10.9. The van der Waals surface area contributed by atoms with Crippen molar-refractivity contribution in [3.63, 3.8) is 0 Å². The number of aliphatic carboxylic acids is 1. The summed E-state index contributed by atoms with van der Waals surface area (Å²) in [6.07, 6.45) is 5.22. The summed E-state index contributed by atoms with van der Waals surface area (Å²) >= 11 is 1.67. The molecular formula is C26H26NNaO4S. The summed E-state index contributed by atoms with van der Waals surface area (Å²) in [5.74, 6) is 0.840. The first-order valence-corrected chi connectivity index (χ1v) is 11.4. The molecule has 3 rings (SSSR count). The first-order valence-electron chi connectivity index (χ1n) is 10.5. The van der Waals surface area contributed by atoms with Crippen LogP contribution >= 0.6 is 11.8 Å². The molecule has 1 aromatic heterocycles. The minimum atomic E-state index is -1.26. The second kappa shape index (κ2) is 14.8. The van der Waals surface area contributed by atoms with Gasteiger partial charge in [-0.05, 0) is 73.4 Å². The number of carbonyl (C=O) groups is 1. The molecule has 166 valence electrons. The number of pyridine rings is 1. The van der Waals surface area contributed by atoms with Gasteiger partial charge in [0.1, 0.15) is 17.2 Å². The van der Waals surface area contributed by atoms with Crippen LogP contribution in [0.2, 0.25) is 0 Å². The number of ether oxygens (including phenoxy) is 2. The molecule has 0 saturated heterocycles. The van der Waals surface area contributed by atoms with E-state index in [-0.39, 0.29) is 29.6 Å². The number of nitrogens with zero attached hydrogens (tertiary/aromatic N) is 1. The standard InChI is InChI=1S/C26H27NO4S.Na/c1-30-22-13-10-20(11-14-22)7-5-6-18-31-25-16-12-21(27-24(25)15-17-26(28)29)19-32-23-8-3-2-4-9-23;/h2-4,8-17H,5-7,18-19H2,1H3,(H,28,29);/q;+1/p-1/b17-15+;. The number of hydrogen-bond acceptors (Lipinski definition) is 6. The van der Waals surface area contributed by atoms with Crippen LogP contribution in [0.3, 0.4) is 0 Å². The molecule has 33 heavy (non-hydrogen) atoms. The monoisotopic (exact) mass is 471 g/mol. The molecule has 3 aromatic rings. The number of rotatable bonds is 12. The van der Waals surface area contributed by atoms with E-state index in [2.05, 4.69) is 17.1 Å². The van der Waals surface area contributed by atoms with Crippen molar-refractivity contribution >= 4 is 23.8 Å². The number of aryl methyl sites for hydroxylation is 1. The second-order valence-electron chi connectivity index (χ2n) is 7.09. The predicted molar refractivity (Wildman–Crippen MR) is 126 cm³/mol. The fraction of sp³-hybridized carbons (Fsp3) is 0.231. The third-order valence-corrected chi connectivity index (χ3v) is 5.77. The van der Waals surface area contributed by atoms with Crippen molar-refractivity contribution in [3.05, 3.63) is 89.8 Å². The number of methoxy groups -OCH3 is 1. The van der Waals surface area contributed by atoms with Gasteiger partial charge >= 0.3 is 29.6 Å². The smallest absolute Gasteiger partial charge is 0.545 e. The Balaban J connectivity index is 0.00000385. The van der Waals surface area contributed by atoms with Crippen LogP contribution in [-0.2, 0) is 17.0 Å². The Hall–Kier alpha value is -2.25. The van der Waals surface area contributed by atoms with Crippen LogP contribution < -0.4 is 44.1 Å². The van der Waals surface area contributed by atoms with E-state index in [1.165, 1.54) is 11.6 Å². The number of unbranched alkanes of at least 4 members (excludes halogenated alkanes) is 1. The van der Waals surface area contributed by atoms with Gasteiger partial charge in [0.2, 0.25) is 0 Å². The van der Waals surface area contributed by atoms with Crippen LogP contribution in [0.25, 0.3) is 6.08 Å². The summed E-state index contributed by atoms with van der Waals surface area (Å²) in [7, 11) is 1.66. The normalized spacial score (nSPS) is 10.6. The minimum Gasteiger partial charge on any atom is -0.545 e. The van der Waals surface area contributed by atoms with Crippen molar-refractivity contribution in [1.82, 2.24) is 4.98 Å². The third-order valence-electron chi connectivity index (χ3n) is 4.73. The van der Waals surface area contributed by atoms with Gasteiger partial charge in [-0.15, -0.1) is 11.8 Å². The Morgan fingerprint density at radius 1 is 1.03 bits per heavy atom. The zero-order chi connectivity index (χ0) is 22.6. The Morgan fingerprint density at radius 3 is 2.48 bits per heavy atom. The molecule has 0 bridgehead atoms. The van der Waals surface area contributed by atoms with Crippen LogP contribution in [-0.4, -0.2) is 24.7 Å². The largest absolute Gasteiger partial charge is 1.00 e. The van der Waals surface area contributed by atoms with E-state index in [4.69, 9.17) is 9.47 Å². The minimum absolute atomic E-state index is 0. The summed E-state index contributed by atoms with van der Waals surface area (Å²) in [5.41, 5.74) is 2.60. The molecule has 5 nitrogen and oxygen atoms in total. The van der Waals surface area contributed by atoms with Gasteiger partial charge < -0.3 is 19.4 Å². The van der Waals surface area contributed by atoms with Gasteiger partial charge in [-0.2, -0.15) is 0 Å². The van der Waals surface area contributed by atoms with E-state index >= 15 is 0 Å². The van der Waals surface area contributed by atoms with E-state index < -0.39 is 5.97 Å². The van der Waals surface area contributed by atoms with Gasteiger partial charge in [0.15, 0.2) is 0 Å². The van der Waals surface area contributed by atoms with Crippen LogP contribution in [0, 0.1) is 0 Å². The second-order valence-corrected chi connectivity index (χ2v) is 8.14. The molecule has 0 fully saturated rings. The first kappa shape index (κ1) is 27.0. The van der Waals surface area contributed by atoms with Crippen molar-refractivity contribution in [2.24, 2.45) is 0 Å². The number of aromatic nitrogens is 1. The molecule has 0 radical (unpaired) electrons. The van der Waals surface area contributed by atoms with Gasteiger partial charge in [0.05, 0.1) is 25.4 Å². The molecule has 2 aromatic carbocycles. The van der Waals surface area contributed by atoms with Crippen LogP contribution in [0.1, 0.15) is 29.8 Å². The molecule has 0 N–H and O–H groups in total. The Bertz CT molecular complexity index is 1030. The maximum Gasteiger partial charge on any atom is 1.00 e. The van der Waals surface area contributed by atoms with Crippen LogP contribution in [0.15, 0.2) is 77.7 Å². The average molecular weight is 472 g/mol. The van der Waals surface area contributed by atoms with Gasteiger partial charge in [-0.3, -0.25) is 0 Å². The molecule has 0 aliphatic heterocycles. The number of carbonyl (C=O) groups excluding carboxylic acids is 1.